The Morgan fingerprint density at radius 3 is 2.84 bits per heavy atom. The minimum atomic E-state index is 0.431. The first-order valence-corrected chi connectivity index (χ1v) is 8.99. The molecule has 1 atom stereocenters. The van der Waals surface area contributed by atoms with Gasteiger partial charge in [-0.05, 0) is 49.6 Å². The summed E-state index contributed by atoms with van der Waals surface area (Å²) in [6.07, 6.45) is 8.92. The van der Waals surface area contributed by atoms with Crippen molar-refractivity contribution in [3.8, 4) is 11.4 Å². The Balaban J connectivity index is 1.35. The highest BCUT2D eigenvalue weighted by Crippen LogP contribution is 2.20. The van der Waals surface area contributed by atoms with Crippen molar-refractivity contribution in [3.05, 3.63) is 53.1 Å². The maximum Gasteiger partial charge on any atom is 0.321 e. The van der Waals surface area contributed by atoms with E-state index >= 15 is 0 Å². The van der Waals surface area contributed by atoms with Gasteiger partial charge in [-0.3, -0.25) is 0 Å². The van der Waals surface area contributed by atoms with Gasteiger partial charge < -0.3 is 15.2 Å². The van der Waals surface area contributed by atoms with Crippen LogP contribution in [0.1, 0.15) is 19.8 Å². The van der Waals surface area contributed by atoms with Crippen LogP contribution >= 0.6 is 11.6 Å². The second-order valence-electron chi connectivity index (χ2n) is 6.25. The summed E-state index contributed by atoms with van der Waals surface area (Å²) in [4.78, 5) is 4.33. The zero-order chi connectivity index (χ0) is 17.5. The Morgan fingerprint density at radius 2 is 2.04 bits per heavy atom. The molecule has 2 aromatic rings. The van der Waals surface area contributed by atoms with E-state index in [4.69, 9.17) is 16.1 Å². The average Bonchev–Trinajstić information content (AvgIpc) is 3.07. The Morgan fingerprint density at radius 1 is 1.20 bits per heavy atom. The summed E-state index contributed by atoms with van der Waals surface area (Å²) in [7, 11) is 0. The molecule has 132 valence electrons. The average molecular weight is 359 g/mol. The van der Waals surface area contributed by atoms with Crippen LogP contribution in [0.25, 0.3) is 11.4 Å². The van der Waals surface area contributed by atoms with Crippen LogP contribution in [-0.4, -0.2) is 29.8 Å². The van der Waals surface area contributed by atoms with E-state index in [1.54, 1.807) is 0 Å². The molecule has 0 aliphatic heterocycles. The Labute approximate surface area is 153 Å². The van der Waals surface area contributed by atoms with E-state index in [2.05, 4.69) is 45.9 Å². The van der Waals surface area contributed by atoms with Crippen molar-refractivity contribution >= 4 is 17.6 Å². The molecule has 0 fully saturated rings. The number of nitrogens with zero attached hydrogens (tertiary/aromatic N) is 2. The quantitative estimate of drug-likeness (QED) is 0.689. The van der Waals surface area contributed by atoms with Crippen molar-refractivity contribution in [3.63, 3.8) is 0 Å². The van der Waals surface area contributed by atoms with E-state index in [0.717, 1.165) is 31.6 Å². The molecule has 0 saturated heterocycles. The number of benzene rings is 1. The third kappa shape index (κ3) is 5.44. The lowest BCUT2D eigenvalue weighted by Gasteiger charge is -2.14. The molecular weight excluding hydrogens is 336 g/mol. The lowest BCUT2D eigenvalue weighted by atomic mass is 9.94. The lowest BCUT2D eigenvalue weighted by molar-refractivity contribution is 0.431. The molecule has 0 bridgehead atoms. The van der Waals surface area contributed by atoms with Crippen molar-refractivity contribution in [1.29, 1.82) is 0 Å². The third-order valence-corrected chi connectivity index (χ3v) is 4.34. The van der Waals surface area contributed by atoms with Crippen LogP contribution in [0.2, 0.25) is 5.02 Å². The fraction of sp³-hybridized carbons (Fsp3) is 0.368. The van der Waals surface area contributed by atoms with Gasteiger partial charge in [0.05, 0.1) is 0 Å². The van der Waals surface area contributed by atoms with Crippen LogP contribution in [-0.2, 0) is 0 Å². The smallest absolute Gasteiger partial charge is 0.321 e. The van der Waals surface area contributed by atoms with E-state index in [-0.39, 0.29) is 0 Å². The lowest BCUT2D eigenvalue weighted by Crippen LogP contribution is -2.23. The molecule has 0 amide bonds. The summed E-state index contributed by atoms with van der Waals surface area (Å²) >= 11 is 5.88. The first-order valence-electron chi connectivity index (χ1n) is 8.61. The molecule has 1 aromatic heterocycles. The summed E-state index contributed by atoms with van der Waals surface area (Å²) in [6.45, 7) is 4.81. The largest absolute Gasteiger partial charge is 0.336 e. The van der Waals surface area contributed by atoms with Crippen molar-refractivity contribution < 1.29 is 4.52 Å². The number of rotatable bonds is 8. The van der Waals surface area contributed by atoms with Gasteiger partial charge in [-0.1, -0.05) is 47.5 Å². The number of halogens is 1. The molecule has 1 aliphatic rings. The minimum Gasteiger partial charge on any atom is -0.336 e. The van der Waals surface area contributed by atoms with Gasteiger partial charge in [0.25, 0.3) is 0 Å². The molecule has 3 rings (SSSR count). The maximum absolute atomic E-state index is 5.88. The predicted molar refractivity (Wildman–Crippen MR) is 102 cm³/mol. The number of aromatic nitrogens is 2. The topological polar surface area (TPSA) is 63.0 Å². The standard InChI is InChI=1S/C19H23ClN4O/c1-14-3-2-4-15(13-14)9-10-21-11-12-22-19-23-18(24-25-19)16-5-7-17(20)8-6-16/h2-8,14,21H,9-13H2,1H3,(H,22,23,24). The number of anilines is 1. The molecule has 0 radical (unpaired) electrons. The Hall–Kier alpha value is -2.11. The molecule has 1 unspecified atom stereocenters. The fourth-order valence-electron chi connectivity index (χ4n) is 2.76. The van der Waals surface area contributed by atoms with E-state index in [1.807, 2.05) is 24.3 Å². The first-order chi connectivity index (χ1) is 12.2. The normalized spacial score (nSPS) is 16.7. The summed E-state index contributed by atoms with van der Waals surface area (Å²) in [5.74, 6) is 1.22. The molecule has 25 heavy (non-hydrogen) atoms. The molecule has 1 aliphatic carbocycles. The molecule has 5 nitrogen and oxygen atoms in total. The van der Waals surface area contributed by atoms with Crippen molar-refractivity contribution in [2.75, 3.05) is 25.0 Å². The van der Waals surface area contributed by atoms with Gasteiger partial charge in [0.15, 0.2) is 0 Å². The van der Waals surface area contributed by atoms with Crippen molar-refractivity contribution in [2.24, 2.45) is 5.92 Å². The summed E-state index contributed by atoms with van der Waals surface area (Å²) in [6, 6.07) is 7.79. The predicted octanol–water partition coefficient (Wildman–Crippen LogP) is 4.30. The van der Waals surface area contributed by atoms with Gasteiger partial charge in [-0.15, -0.1) is 0 Å². The van der Waals surface area contributed by atoms with Gasteiger partial charge in [-0.25, -0.2) is 0 Å². The monoisotopic (exact) mass is 358 g/mol. The van der Waals surface area contributed by atoms with Crippen LogP contribution < -0.4 is 10.6 Å². The van der Waals surface area contributed by atoms with Crippen LogP contribution in [0.15, 0.2) is 52.6 Å². The summed E-state index contributed by atoms with van der Waals surface area (Å²) in [5, 5.41) is 11.2. The van der Waals surface area contributed by atoms with Gasteiger partial charge in [0, 0.05) is 23.7 Å². The molecule has 1 heterocycles. The molecule has 6 heteroatoms. The molecule has 0 saturated carbocycles. The highest BCUT2D eigenvalue weighted by molar-refractivity contribution is 6.30. The van der Waals surface area contributed by atoms with E-state index < -0.39 is 0 Å². The Kier molecular flexibility index (Phi) is 6.25. The zero-order valence-electron chi connectivity index (χ0n) is 14.3. The van der Waals surface area contributed by atoms with Crippen LogP contribution in [0, 0.1) is 5.92 Å². The van der Waals surface area contributed by atoms with Crippen LogP contribution in [0.5, 0.6) is 0 Å². The summed E-state index contributed by atoms with van der Waals surface area (Å²) in [5.41, 5.74) is 2.39. The molecule has 0 spiro atoms. The summed E-state index contributed by atoms with van der Waals surface area (Å²) < 4.78 is 5.21. The SMILES string of the molecule is CC1C=CC=C(CCNCCNc2nc(-c3ccc(Cl)cc3)no2)C1. The number of hydrogen-bond donors (Lipinski definition) is 2. The van der Waals surface area contributed by atoms with Gasteiger partial charge >= 0.3 is 6.01 Å². The Bertz CT molecular complexity index is 736. The molecular formula is C19H23ClN4O. The van der Waals surface area contributed by atoms with Crippen LogP contribution in [0.4, 0.5) is 6.01 Å². The van der Waals surface area contributed by atoms with Gasteiger partial charge in [0.1, 0.15) is 0 Å². The van der Waals surface area contributed by atoms with Gasteiger partial charge in [0.2, 0.25) is 5.82 Å². The highest BCUT2D eigenvalue weighted by atomic mass is 35.5. The second kappa shape index (κ2) is 8.83. The van der Waals surface area contributed by atoms with Gasteiger partial charge in [-0.2, -0.15) is 4.98 Å². The van der Waals surface area contributed by atoms with E-state index in [1.165, 1.54) is 12.0 Å². The second-order valence-corrected chi connectivity index (χ2v) is 6.68. The van der Waals surface area contributed by atoms with Crippen molar-refractivity contribution in [2.45, 2.75) is 19.8 Å². The minimum absolute atomic E-state index is 0.431. The number of hydrogen-bond acceptors (Lipinski definition) is 5. The highest BCUT2D eigenvalue weighted by Gasteiger charge is 2.08. The first kappa shape index (κ1) is 17.7. The van der Waals surface area contributed by atoms with Crippen LogP contribution in [0.3, 0.4) is 0 Å². The van der Waals surface area contributed by atoms with Crippen molar-refractivity contribution in [1.82, 2.24) is 15.5 Å². The number of nitrogens with one attached hydrogen (secondary N) is 2. The maximum atomic E-state index is 5.88. The fourth-order valence-corrected chi connectivity index (χ4v) is 2.89. The third-order valence-electron chi connectivity index (χ3n) is 4.09. The molecule has 2 N–H and O–H groups in total. The number of allylic oxidation sites excluding steroid dienone is 3. The van der Waals surface area contributed by atoms with E-state index in [0.29, 0.717) is 22.8 Å². The molecule has 1 aromatic carbocycles. The zero-order valence-corrected chi connectivity index (χ0v) is 15.1. The van der Waals surface area contributed by atoms with E-state index in [9.17, 15) is 0 Å².